The lowest BCUT2D eigenvalue weighted by molar-refractivity contribution is -0.131. The van der Waals surface area contributed by atoms with Gasteiger partial charge in [-0.2, -0.15) is 0 Å². The minimum Gasteiger partial charge on any atom is -0.493 e. The van der Waals surface area contributed by atoms with Crippen LogP contribution in [0.2, 0.25) is 0 Å². The van der Waals surface area contributed by atoms with Gasteiger partial charge in [-0.1, -0.05) is 12.1 Å². The molecular weight excluding hydrogens is 250 g/mol. The Balaban J connectivity index is 2.79. The number of hydrogen-bond acceptors (Lipinski definition) is 4. The number of para-hydroxylation sites is 1. The molecule has 0 radical (unpaired) electrons. The van der Waals surface area contributed by atoms with Crippen LogP contribution in [-0.4, -0.2) is 37.7 Å². The van der Waals surface area contributed by atoms with Crippen LogP contribution in [0.25, 0.3) is 0 Å². The zero-order valence-electron chi connectivity index (χ0n) is 10.7. The summed E-state index contributed by atoms with van der Waals surface area (Å²) >= 11 is 0. The van der Waals surface area contributed by atoms with Crippen LogP contribution < -0.4 is 14.8 Å². The summed E-state index contributed by atoms with van der Waals surface area (Å²) in [5.74, 6) is -0.639. The first-order chi connectivity index (χ1) is 9.10. The Morgan fingerprint density at radius 1 is 1.32 bits per heavy atom. The fourth-order valence-corrected chi connectivity index (χ4v) is 1.47. The molecule has 0 aliphatic heterocycles. The number of hydrogen-bond donors (Lipinski definition) is 2. The maximum atomic E-state index is 11.9. The highest BCUT2D eigenvalue weighted by atomic mass is 16.5. The minimum atomic E-state index is -1.06. The standard InChI is InChI=1S/C13H15NO5/c1-18-10-6-3-5-9(12(10)19-2)13(17)14-8-4-7-11(15)16/h3-7H,8H2,1-2H3,(H,14,17)(H,15,16)/b7-4+. The Bertz CT molecular complexity index is 496. The topological polar surface area (TPSA) is 84.9 Å². The molecule has 0 aliphatic rings. The van der Waals surface area contributed by atoms with Crippen LogP contribution in [0.3, 0.4) is 0 Å². The summed E-state index contributed by atoms with van der Waals surface area (Å²) in [6, 6.07) is 4.95. The molecule has 0 atom stereocenters. The number of amides is 1. The highest BCUT2D eigenvalue weighted by Gasteiger charge is 2.15. The maximum Gasteiger partial charge on any atom is 0.328 e. The summed E-state index contributed by atoms with van der Waals surface area (Å²) in [5, 5.41) is 11.0. The zero-order valence-corrected chi connectivity index (χ0v) is 10.7. The van der Waals surface area contributed by atoms with E-state index in [9.17, 15) is 9.59 Å². The van der Waals surface area contributed by atoms with Crippen molar-refractivity contribution in [1.29, 1.82) is 0 Å². The van der Waals surface area contributed by atoms with E-state index in [1.807, 2.05) is 0 Å². The van der Waals surface area contributed by atoms with E-state index < -0.39 is 5.97 Å². The minimum absolute atomic E-state index is 0.117. The summed E-state index contributed by atoms with van der Waals surface area (Å²) in [7, 11) is 2.92. The van der Waals surface area contributed by atoms with Crippen molar-refractivity contribution in [2.75, 3.05) is 20.8 Å². The van der Waals surface area contributed by atoms with Crippen LogP contribution in [0.15, 0.2) is 30.4 Å². The fourth-order valence-electron chi connectivity index (χ4n) is 1.47. The average molecular weight is 265 g/mol. The monoisotopic (exact) mass is 265 g/mol. The predicted molar refractivity (Wildman–Crippen MR) is 68.7 cm³/mol. The quantitative estimate of drug-likeness (QED) is 0.752. The van der Waals surface area contributed by atoms with E-state index >= 15 is 0 Å². The molecule has 102 valence electrons. The van der Waals surface area contributed by atoms with Crippen molar-refractivity contribution in [3.05, 3.63) is 35.9 Å². The second-order valence-corrected chi connectivity index (χ2v) is 3.49. The maximum absolute atomic E-state index is 11.9. The van der Waals surface area contributed by atoms with Crippen LogP contribution in [0.4, 0.5) is 0 Å². The van der Waals surface area contributed by atoms with E-state index in [1.54, 1.807) is 18.2 Å². The number of carbonyl (C=O) groups excluding carboxylic acids is 1. The number of aliphatic carboxylic acids is 1. The van der Waals surface area contributed by atoms with Gasteiger partial charge in [-0.15, -0.1) is 0 Å². The first kappa shape index (κ1) is 14.6. The van der Waals surface area contributed by atoms with Crippen molar-refractivity contribution in [3.8, 4) is 11.5 Å². The Morgan fingerprint density at radius 2 is 2.05 bits per heavy atom. The van der Waals surface area contributed by atoms with Crippen molar-refractivity contribution in [2.24, 2.45) is 0 Å². The lowest BCUT2D eigenvalue weighted by Gasteiger charge is -2.11. The Morgan fingerprint density at radius 3 is 2.63 bits per heavy atom. The molecule has 6 nitrogen and oxygen atoms in total. The van der Waals surface area contributed by atoms with Gasteiger partial charge in [0, 0.05) is 12.6 Å². The van der Waals surface area contributed by atoms with Crippen LogP contribution in [0.1, 0.15) is 10.4 Å². The van der Waals surface area contributed by atoms with Gasteiger partial charge in [-0.25, -0.2) is 4.79 Å². The number of carbonyl (C=O) groups is 2. The molecule has 1 aromatic carbocycles. The summed E-state index contributed by atoms with van der Waals surface area (Å²) < 4.78 is 10.2. The molecule has 6 heteroatoms. The molecule has 0 spiro atoms. The van der Waals surface area contributed by atoms with Crippen molar-refractivity contribution in [2.45, 2.75) is 0 Å². The van der Waals surface area contributed by atoms with E-state index in [4.69, 9.17) is 14.6 Å². The van der Waals surface area contributed by atoms with Crippen LogP contribution >= 0.6 is 0 Å². The summed E-state index contributed by atoms with van der Waals surface area (Å²) in [4.78, 5) is 22.2. The number of ether oxygens (including phenoxy) is 2. The van der Waals surface area contributed by atoms with E-state index in [-0.39, 0.29) is 12.5 Å². The van der Waals surface area contributed by atoms with Gasteiger partial charge < -0.3 is 19.9 Å². The van der Waals surface area contributed by atoms with Gasteiger partial charge in [0.1, 0.15) is 0 Å². The third-order valence-corrected chi connectivity index (χ3v) is 2.29. The van der Waals surface area contributed by atoms with E-state index in [0.29, 0.717) is 17.1 Å². The normalized spacial score (nSPS) is 10.2. The van der Waals surface area contributed by atoms with Crippen molar-refractivity contribution >= 4 is 11.9 Å². The van der Waals surface area contributed by atoms with Crippen LogP contribution in [0, 0.1) is 0 Å². The first-order valence-corrected chi connectivity index (χ1v) is 5.48. The van der Waals surface area contributed by atoms with E-state index in [0.717, 1.165) is 6.08 Å². The third-order valence-electron chi connectivity index (χ3n) is 2.29. The molecule has 2 N–H and O–H groups in total. The summed E-state index contributed by atoms with van der Waals surface area (Å²) in [5.41, 5.74) is 0.325. The van der Waals surface area contributed by atoms with Gasteiger partial charge >= 0.3 is 5.97 Å². The van der Waals surface area contributed by atoms with Gasteiger partial charge in [0.25, 0.3) is 5.91 Å². The molecule has 0 fully saturated rings. The number of carboxylic acids is 1. The van der Waals surface area contributed by atoms with Crippen molar-refractivity contribution in [3.63, 3.8) is 0 Å². The smallest absolute Gasteiger partial charge is 0.328 e. The SMILES string of the molecule is COc1cccc(C(=O)NC/C=C/C(=O)O)c1OC. The molecule has 1 aromatic rings. The number of methoxy groups -OCH3 is 2. The van der Waals surface area contributed by atoms with Gasteiger partial charge in [-0.05, 0) is 12.1 Å². The number of rotatable bonds is 6. The van der Waals surface area contributed by atoms with Crippen molar-refractivity contribution < 1.29 is 24.2 Å². The van der Waals surface area contributed by atoms with Gasteiger partial charge in [0.15, 0.2) is 11.5 Å². The van der Waals surface area contributed by atoms with E-state index in [2.05, 4.69) is 5.32 Å². The summed E-state index contributed by atoms with van der Waals surface area (Å²) in [6.07, 6.45) is 2.30. The van der Waals surface area contributed by atoms with Gasteiger partial charge in [-0.3, -0.25) is 4.79 Å². The lowest BCUT2D eigenvalue weighted by Crippen LogP contribution is -2.24. The fraction of sp³-hybridized carbons (Fsp3) is 0.231. The predicted octanol–water partition coefficient (Wildman–Crippen LogP) is 1.07. The molecule has 0 heterocycles. The molecule has 1 amide bonds. The molecule has 19 heavy (non-hydrogen) atoms. The molecule has 1 rings (SSSR count). The first-order valence-electron chi connectivity index (χ1n) is 5.48. The second kappa shape index (κ2) is 7.05. The highest BCUT2D eigenvalue weighted by Crippen LogP contribution is 2.30. The van der Waals surface area contributed by atoms with Gasteiger partial charge in [0.2, 0.25) is 0 Å². The second-order valence-electron chi connectivity index (χ2n) is 3.49. The average Bonchev–Trinajstić information content (AvgIpc) is 2.42. The molecular formula is C13H15NO5. The molecule has 0 saturated carbocycles. The Hall–Kier alpha value is -2.50. The molecule has 0 aromatic heterocycles. The van der Waals surface area contributed by atoms with Crippen LogP contribution in [-0.2, 0) is 4.79 Å². The highest BCUT2D eigenvalue weighted by molar-refractivity contribution is 5.97. The third kappa shape index (κ3) is 4.02. The van der Waals surface area contributed by atoms with Crippen molar-refractivity contribution in [1.82, 2.24) is 5.32 Å². The molecule has 0 unspecified atom stereocenters. The zero-order chi connectivity index (χ0) is 14.3. The number of carboxylic acid groups (broad SMARTS) is 1. The molecule has 0 aliphatic carbocycles. The largest absolute Gasteiger partial charge is 0.493 e. The Labute approximate surface area is 110 Å². The molecule has 0 bridgehead atoms. The molecule has 0 saturated heterocycles. The van der Waals surface area contributed by atoms with E-state index in [1.165, 1.54) is 20.3 Å². The summed E-state index contributed by atoms with van der Waals surface area (Å²) in [6.45, 7) is 0.117. The number of nitrogens with one attached hydrogen (secondary N) is 1. The lowest BCUT2D eigenvalue weighted by atomic mass is 10.1. The number of benzene rings is 1. The van der Waals surface area contributed by atoms with Crippen LogP contribution in [0.5, 0.6) is 11.5 Å². The Kier molecular flexibility index (Phi) is 5.40. The van der Waals surface area contributed by atoms with Gasteiger partial charge in [0.05, 0.1) is 19.8 Å².